The van der Waals surface area contributed by atoms with Crippen LogP contribution in [-0.2, 0) is 21.0 Å². The number of benzene rings is 2. The molecule has 2 aromatic carbocycles. The fraction of sp³-hybridized carbons (Fsp3) is 0.350. The highest BCUT2D eigenvalue weighted by Gasteiger charge is 2.22. The second-order valence-electron chi connectivity index (χ2n) is 7.36. The molecule has 0 aromatic heterocycles. The molecule has 6 nitrogen and oxygen atoms in total. The molecular weight excluding hydrogens is 366 g/mol. The molecule has 27 heavy (non-hydrogen) atoms. The second-order valence-corrected chi connectivity index (χ2v) is 9.50. The van der Waals surface area contributed by atoms with Crippen LogP contribution in [0.15, 0.2) is 42.5 Å². The number of carbonyl (C=O) groups is 1. The molecule has 0 aliphatic carbocycles. The molecule has 0 aliphatic heterocycles. The van der Waals surface area contributed by atoms with E-state index in [0.717, 1.165) is 11.8 Å². The molecule has 0 saturated carbocycles. The maximum absolute atomic E-state index is 12.3. The predicted molar refractivity (Wildman–Crippen MR) is 106 cm³/mol. The number of nitrogens with one attached hydrogen (secondary N) is 1. The van der Waals surface area contributed by atoms with Gasteiger partial charge in [0.1, 0.15) is 11.5 Å². The van der Waals surface area contributed by atoms with Crippen molar-refractivity contribution in [2.24, 2.45) is 0 Å². The minimum atomic E-state index is -3.29. The third kappa shape index (κ3) is 5.99. The standard InChI is InChI=1S/C20H25NO5S/c1-20(2,3)15-11-14(13-27(5,23)24)18(25-4)17(12-15)21-19(22)26-16-9-7-6-8-10-16/h6-12H,13H2,1-5H3,(H,21,22). The summed E-state index contributed by atoms with van der Waals surface area (Å²) in [6.45, 7) is 6.02. The van der Waals surface area contributed by atoms with Crippen LogP contribution in [0.5, 0.6) is 11.5 Å². The lowest BCUT2D eigenvalue weighted by Crippen LogP contribution is -2.19. The largest absolute Gasteiger partial charge is 0.494 e. The van der Waals surface area contributed by atoms with Crippen molar-refractivity contribution in [3.63, 3.8) is 0 Å². The van der Waals surface area contributed by atoms with Crippen molar-refractivity contribution in [2.75, 3.05) is 18.7 Å². The second kappa shape index (κ2) is 8.00. The molecule has 0 spiro atoms. The van der Waals surface area contributed by atoms with Gasteiger partial charge in [-0.15, -0.1) is 0 Å². The van der Waals surface area contributed by atoms with Gasteiger partial charge in [-0.3, -0.25) is 5.32 Å². The maximum Gasteiger partial charge on any atom is 0.417 e. The highest BCUT2D eigenvalue weighted by Crippen LogP contribution is 2.36. The fourth-order valence-corrected chi connectivity index (χ4v) is 3.36. The first kappa shape index (κ1) is 20.8. The first-order chi connectivity index (χ1) is 12.5. The van der Waals surface area contributed by atoms with Gasteiger partial charge in [0, 0.05) is 11.8 Å². The molecule has 0 aliphatic rings. The Morgan fingerprint density at radius 2 is 1.74 bits per heavy atom. The van der Waals surface area contributed by atoms with Gasteiger partial charge in [0.05, 0.1) is 18.6 Å². The van der Waals surface area contributed by atoms with E-state index < -0.39 is 15.9 Å². The van der Waals surface area contributed by atoms with Crippen molar-refractivity contribution < 1.29 is 22.7 Å². The molecule has 0 radical (unpaired) electrons. The Kier molecular flexibility index (Phi) is 6.15. The molecule has 0 bridgehead atoms. The van der Waals surface area contributed by atoms with Crippen LogP contribution in [-0.4, -0.2) is 27.9 Å². The van der Waals surface area contributed by atoms with Crippen LogP contribution in [0.1, 0.15) is 31.9 Å². The summed E-state index contributed by atoms with van der Waals surface area (Å²) < 4.78 is 34.3. The van der Waals surface area contributed by atoms with Gasteiger partial charge < -0.3 is 9.47 Å². The highest BCUT2D eigenvalue weighted by molar-refractivity contribution is 7.89. The summed E-state index contributed by atoms with van der Waals surface area (Å²) in [6, 6.07) is 12.2. The van der Waals surface area contributed by atoms with Gasteiger partial charge in [0.2, 0.25) is 0 Å². The van der Waals surface area contributed by atoms with E-state index in [0.29, 0.717) is 22.7 Å². The lowest BCUT2D eigenvalue weighted by Gasteiger charge is -2.23. The zero-order valence-electron chi connectivity index (χ0n) is 16.2. The van der Waals surface area contributed by atoms with Gasteiger partial charge in [0.15, 0.2) is 9.84 Å². The predicted octanol–water partition coefficient (Wildman–Crippen LogP) is 4.15. The van der Waals surface area contributed by atoms with Gasteiger partial charge in [-0.05, 0) is 29.2 Å². The van der Waals surface area contributed by atoms with Gasteiger partial charge in [-0.25, -0.2) is 13.2 Å². The molecule has 0 fully saturated rings. The zero-order chi connectivity index (χ0) is 20.2. The van der Waals surface area contributed by atoms with Gasteiger partial charge in [0.25, 0.3) is 0 Å². The molecule has 1 N–H and O–H groups in total. The van der Waals surface area contributed by atoms with Crippen LogP contribution >= 0.6 is 0 Å². The van der Waals surface area contributed by atoms with E-state index in [1.165, 1.54) is 7.11 Å². The Morgan fingerprint density at radius 1 is 1.11 bits per heavy atom. The molecule has 0 unspecified atom stereocenters. The molecule has 7 heteroatoms. The summed E-state index contributed by atoms with van der Waals surface area (Å²) in [5.74, 6) is 0.512. The molecule has 0 saturated heterocycles. The van der Waals surface area contributed by atoms with E-state index in [4.69, 9.17) is 9.47 Å². The molecule has 0 heterocycles. The monoisotopic (exact) mass is 391 g/mol. The molecule has 146 valence electrons. The lowest BCUT2D eigenvalue weighted by molar-refractivity contribution is 0.215. The lowest BCUT2D eigenvalue weighted by atomic mass is 9.85. The summed E-state index contributed by atoms with van der Waals surface area (Å²) in [5, 5.41) is 2.67. The van der Waals surface area contributed by atoms with Gasteiger partial charge in [-0.1, -0.05) is 45.0 Å². The summed E-state index contributed by atoms with van der Waals surface area (Å²) in [7, 11) is -1.85. The fourth-order valence-electron chi connectivity index (χ4n) is 2.58. The number of rotatable bonds is 5. The van der Waals surface area contributed by atoms with Crippen LogP contribution in [0.3, 0.4) is 0 Å². The third-order valence-electron chi connectivity index (χ3n) is 3.84. The number of amides is 1. The first-order valence-electron chi connectivity index (χ1n) is 8.42. The Balaban J connectivity index is 2.43. The summed E-state index contributed by atoms with van der Waals surface area (Å²) >= 11 is 0. The van der Waals surface area contributed by atoms with Crippen molar-refractivity contribution in [3.8, 4) is 11.5 Å². The number of para-hydroxylation sites is 1. The third-order valence-corrected chi connectivity index (χ3v) is 4.68. The van der Waals surface area contributed by atoms with E-state index in [-0.39, 0.29) is 11.2 Å². The molecule has 1 amide bonds. The molecule has 0 atom stereocenters. The smallest absolute Gasteiger partial charge is 0.417 e. The Hall–Kier alpha value is -2.54. The number of sulfone groups is 1. The Morgan fingerprint density at radius 3 is 2.26 bits per heavy atom. The van der Waals surface area contributed by atoms with Crippen LogP contribution in [0.2, 0.25) is 0 Å². The van der Waals surface area contributed by atoms with Crippen molar-refractivity contribution in [3.05, 3.63) is 53.6 Å². The quantitative estimate of drug-likeness (QED) is 0.828. The number of ether oxygens (including phenoxy) is 2. The number of hydrogen-bond donors (Lipinski definition) is 1. The number of methoxy groups -OCH3 is 1. The van der Waals surface area contributed by atoms with Gasteiger partial charge in [-0.2, -0.15) is 0 Å². The van der Waals surface area contributed by atoms with E-state index in [2.05, 4.69) is 5.32 Å². The van der Waals surface area contributed by atoms with E-state index >= 15 is 0 Å². The SMILES string of the molecule is COc1c(CS(C)(=O)=O)cc(C(C)(C)C)cc1NC(=O)Oc1ccccc1. The number of anilines is 1. The van der Waals surface area contributed by atoms with Gasteiger partial charge >= 0.3 is 6.09 Å². The Labute approximate surface area is 160 Å². The average molecular weight is 391 g/mol. The van der Waals surface area contributed by atoms with Crippen LogP contribution in [0.4, 0.5) is 10.5 Å². The van der Waals surface area contributed by atoms with Crippen LogP contribution < -0.4 is 14.8 Å². The topological polar surface area (TPSA) is 81.7 Å². The number of carbonyl (C=O) groups excluding carboxylic acids is 1. The van der Waals surface area contributed by atoms with Crippen molar-refractivity contribution in [1.82, 2.24) is 0 Å². The summed E-state index contributed by atoms with van der Waals surface area (Å²) in [4.78, 5) is 12.3. The minimum absolute atomic E-state index is 0.192. The van der Waals surface area contributed by atoms with E-state index in [1.807, 2.05) is 26.8 Å². The van der Waals surface area contributed by atoms with Crippen molar-refractivity contribution >= 4 is 21.6 Å². The highest BCUT2D eigenvalue weighted by atomic mass is 32.2. The maximum atomic E-state index is 12.3. The normalized spacial score (nSPS) is 11.7. The Bertz CT molecular complexity index is 915. The zero-order valence-corrected chi connectivity index (χ0v) is 17.0. The summed E-state index contributed by atoms with van der Waals surface area (Å²) in [5.41, 5.74) is 1.47. The van der Waals surface area contributed by atoms with Crippen LogP contribution in [0, 0.1) is 0 Å². The first-order valence-corrected chi connectivity index (χ1v) is 10.5. The van der Waals surface area contributed by atoms with Crippen molar-refractivity contribution in [1.29, 1.82) is 0 Å². The van der Waals surface area contributed by atoms with E-state index in [1.54, 1.807) is 36.4 Å². The van der Waals surface area contributed by atoms with E-state index in [9.17, 15) is 13.2 Å². The average Bonchev–Trinajstić information content (AvgIpc) is 2.53. The number of hydrogen-bond acceptors (Lipinski definition) is 5. The molecular formula is C20H25NO5S. The molecule has 2 rings (SSSR count). The van der Waals surface area contributed by atoms with Crippen LogP contribution in [0.25, 0.3) is 0 Å². The molecule has 2 aromatic rings. The summed E-state index contributed by atoms with van der Waals surface area (Å²) in [6.07, 6.45) is 0.475. The van der Waals surface area contributed by atoms with Crippen molar-refractivity contribution in [2.45, 2.75) is 31.9 Å². The minimum Gasteiger partial charge on any atom is -0.494 e.